The van der Waals surface area contributed by atoms with Crippen molar-refractivity contribution in [2.45, 2.75) is 245 Å². The molecule has 8 aromatic rings. The first kappa shape index (κ1) is 113. The Morgan fingerprint density at radius 3 is 1.20 bits per heavy atom. The number of aliphatic hydroxyl groups excluding tert-OH is 4. The van der Waals surface area contributed by atoms with Gasteiger partial charge in [0.2, 0.25) is 0 Å². The fraction of sp³-hybridized carbons (Fsp3) is 0.490. The largest absolute Gasteiger partial charge is 0.519 e. The molecule has 1 aromatic heterocycles. The van der Waals surface area contributed by atoms with E-state index in [9.17, 15) is 29.7 Å². The summed E-state index contributed by atoms with van der Waals surface area (Å²) in [6.45, 7) is 28.6. The number of likely N-dealkylation sites (tertiary alicyclic amines) is 3. The molecule has 0 unspecified atom stereocenters. The van der Waals surface area contributed by atoms with Crippen LogP contribution in [0.25, 0.3) is 10.8 Å². The number of methoxy groups -OCH3 is 1. The Morgan fingerprint density at radius 1 is 0.442 bits per heavy atom. The molecule has 22 nitrogen and oxygen atoms in total. The molecule has 5 aliphatic heterocycles. The summed E-state index contributed by atoms with van der Waals surface area (Å²) in [7, 11) is 1.70. The number of benzene rings is 7. The lowest BCUT2D eigenvalue weighted by Crippen LogP contribution is -2.53. The average molecular weight is 1670 g/mol. The highest BCUT2D eigenvalue weighted by Crippen LogP contribution is 2.25. The number of amides is 1. The Bertz CT molecular complexity index is 3730. The lowest BCUT2D eigenvalue weighted by atomic mass is 10.0. The van der Waals surface area contributed by atoms with E-state index < -0.39 is 35.2 Å². The molecule has 1 amide bonds. The molecule has 0 aliphatic carbocycles. The topological polar surface area (TPSA) is 292 Å². The number of carbonyl (C=O) groups is 3. The Kier molecular flexibility index (Phi) is 57.8. The number of carbonyl (C=O) groups excluding carboxylic acids is 3. The first-order chi connectivity index (χ1) is 54.1. The SMILES string of the molecule is C.C.C.C.C.C.C.C1=CCN(Cc2ccccc2)CC1.CC(C)(C)OC(=O)N1CC[C@H](O)[C@@H](N)C1.CC(C)(C)OC(=O)OC(=O)OC(C)(C)C.COc1cccc2ccccc12.N[C@H]1CNCC[C@@H]1O.O[C@H]1CCN(Cc2ccccc2)C[C@@H]1NCc1ccccc1.O[C@H]1CCN(Cc2ccccc2)C[C@@H]1NCc1ccccc1.c1ccncc1. The molecular formula is C98H156N10O12. The van der Waals surface area contributed by atoms with Gasteiger partial charge in [-0.2, -0.15) is 0 Å². The zero-order chi connectivity index (χ0) is 81.9. The molecule has 11 N–H and O–H groups in total. The highest BCUT2D eigenvalue weighted by Gasteiger charge is 2.32. The van der Waals surface area contributed by atoms with Crippen LogP contribution in [0, 0.1) is 0 Å². The summed E-state index contributed by atoms with van der Waals surface area (Å²) < 4.78 is 24.2. The van der Waals surface area contributed by atoms with Crippen LogP contribution in [-0.4, -0.2) is 201 Å². The smallest absolute Gasteiger partial charge is 0.496 e. The normalized spacial score (nSPS) is 19.2. The Hall–Kier alpha value is -8.98. The third-order valence-corrected chi connectivity index (χ3v) is 18.3. The number of piperidine rings is 4. The van der Waals surface area contributed by atoms with Gasteiger partial charge in [0.15, 0.2) is 0 Å². The number of fused-ring (bicyclic) bond motifs is 1. The van der Waals surface area contributed by atoms with Gasteiger partial charge >= 0.3 is 18.4 Å². The second-order valence-corrected chi connectivity index (χ2v) is 31.5. The van der Waals surface area contributed by atoms with E-state index in [2.05, 4.69) is 198 Å². The summed E-state index contributed by atoms with van der Waals surface area (Å²) in [6, 6.07) is 72.3. The Morgan fingerprint density at radius 2 is 0.833 bits per heavy atom. The first-order valence-corrected chi connectivity index (χ1v) is 39.5. The fourth-order valence-electron chi connectivity index (χ4n) is 12.4. The van der Waals surface area contributed by atoms with E-state index in [1.54, 1.807) is 65.9 Å². The van der Waals surface area contributed by atoms with Crippen LogP contribution in [0.3, 0.4) is 0 Å². The molecule has 5 aliphatic rings. The molecule has 22 heteroatoms. The van der Waals surface area contributed by atoms with Crippen LogP contribution in [-0.2, 0) is 51.7 Å². The van der Waals surface area contributed by atoms with Crippen molar-refractivity contribution < 1.29 is 58.5 Å². The van der Waals surface area contributed by atoms with Crippen LogP contribution >= 0.6 is 0 Å². The van der Waals surface area contributed by atoms with Crippen molar-refractivity contribution in [2.75, 3.05) is 72.6 Å². The van der Waals surface area contributed by atoms with Gasteiger partial charge in [-0.25, -0.2) is 14.4 Å². The minimum Gasteiger partial charge on any atom is -0.496 e. The highest BCUT2D eigenvalue weighted by atomic mass is 16.8. The summed E-state index contributed by atoms with van der Waals surface area (Å²) in [5.74, 6) is 0.938. The standard InChI is InChI=1S/2C19H24N2O.C12H15N.C11H10O.C10H20N2O3.C10H18O5.C5H12N2O.C5H5N.7CH4/c2*22-19-11-12-21(14-17-9-5-2-6-10-17)15-18(19)20-13-16-7-3-1-4-8-16;1-3-7-12(8-4-1)11-13-9-5-2-6-10-13;1-12-11-8-4-6-9-5-2-3-7-10(9)11;1-10(2,3)15-9(14)12-5-4-8(13)7(11)6-12;1-9(2,3)14-7(11)13-8(12)15-10(4,5)6;6-4-3-7-2-1-5(4)8;1-2-4-6-5-3-1;;;;;;;/h2*1-10,18-20,22H,11-15H2;1-5,7-8H,6,9-11H2;2-8H,1H3;7-8,13H,4-6,11H2,1-3H3;1-6H3;4-5,7-8H,1-3,6H2;1-5H;7*1H4/t2*18-,19-;;;7-,8-;;4-,5-;;;;;;;;/m00..0.0......../s1. The van der Waals surface area contributed by atoms with Gasteiger partial charge in [0, 0.05) is 134 Å². The van der Waals surface area contributed by atoms with Gasteiger partial charge in [-0.05, 0) is 152 Å². The van der Waals surface area contributed by atoms with Crippen LogP contribution in [0.5, 0.6) is 5.75 Å². The number of nitrogens with one attached hydrogen (secondary N) is 3. The molecule has 6 heterocycles. The monoisotopic (exact) mass is 1670 g/mol. The molecule has 4 saturated heterocycles. The van der Waals surface area contributed by atoms with Crippen LogP contribution in [0.2, 0.25) is 0 Å². The van der Waals surface area contributed by atoms with Gasteiger partial charge in [-0.1, -0.05) is 258 Å². The molecule has 0 spiro atoms. The molecule has 7 aromatic carbocycles. The predicted octanol–water partition coefficient (Wildman–Crippen LogP) is 17.5. The maximum absolute atomic E-state index is 11.6. The lowest BCUT2D eigenvalue weighted by Gasteiger charge is -2.36. The predicted molar refractivity (Wildman–Crippen MR) is 498 cm³/mol. The second-order valence-electron chi connectivity index (χ2n) is 31.5. The maximum atomic E-state index is 11.6. The Labute approximate surface area is 723 Å². The number of aromatic nitrogens is 1. The van der Waals surface area contributed by atoms with Gasteiger partial charge < -0.3 is 76.4 Å². The van der Waals surface area contributed by atoms with Crippen molar-refractivity contribution in [3.8, 4) is 5.75 Å². The number of aliphatic hydroxyl groups is 4. The van der Waals surface area contributed by atoms with Crippen LogP contribution in [0.4, 0.5) is 14.4 Å². The number of nitrogens with zero attached hydrogens (tertiary/aromatic N) is 5. The molecule has 13 rings (SSSR count). The number of hydrogen-bond donors (Lipinski definition) is 9. The van der Waals surface area contributed by atoms with Crippen molar-refractivity contribution in [1.29, 1.82) is 0 Å². The summed E-state index contributed by atoms with van der Waals surface area (Å²) >= 11 is 0. The molecule has 670 valence electrons. The van der Waals surface area contributed by atoms with Crippen molar-refractivity contribution in [1.82, 2.24) is 40.5 Å². The zero-order valence-corrected chi connectivity index (χ0v) is 68.2. The highest BCUT2D eigenvalue weighted by molar-refractivity contribution is 5.88. The third-order valence-electron chi connectivity index (χ3n) is 18.3. The van der Waals surface area contributed by atoms with Crippen LogP contribution < -0.4 is 32.2 Å². The first-order valence-electron chi connectivity index (χ1n) is 39.5. The summed E-state index contributed by atoms with van der Waals surface area (Å²) in [5, 5.41) is 51.4. The molecule has 120 heavy (non-hydrogen) atoms. The van der Waals surface area contributed by atoms with Gasteiger partial charge in [-0.15, -0.1) is 0 Å². The molecule has 0 bridgehead atoms. The van der Waals surface area contributed by atoms with E-state index in [4.69, 9.17) is 35.5 Å². The summed E-state index contributed by atoms with van der Waals surface area (Å²) in [6.07, 6.45) is 8.42. The van der Waals surface area contributed by atoms with Crippen molar-refractivity contribution in [2.24, 2.45) is 11.5 Å². The molecule has 0 radical (unpaired) electrons. The third kappa shape index (κ3) is 47.9. The zero-order valence-electron chi connectivity index (χ0n) is 68.2. The van der Waals surface area contributed by atoms with Gasteiger partial charge in [0.25, 0.3) is 0 Å². The lowest BCUT2D eigenvalue weighted by molar-refractivity contribution is -0.0295. The second kappa shape index (κ2) is 61.3. The number of pyridine rings is 1. The van der Waals surface area contributed by atoms with E-state index in [0.29, 0.717) is 19.5 Å². The van der Waals surface area contributed by atoms with Crippen LogP contribution in [0.1, 0.15) is 174 Å². The van der Waals surface area contributed by atoms with Gasteiger partial charge in [0.05, 0.1) is 31.5 Å². The number of nitrogens with two attached hydrogens (primary N) is 2. The fourth-order valence-corrected chi connectivity index (χ4v) is 12.4. The van der Waals surface area contributed by atoms with E-state index in [1.165, 1.54) is 51.6 Å². The molecule has 8 atom stereocenters. The van der Waals surface area contributed by atoms with Crippen molar-refractivity contribution >= 4 is 29.2 Å². The molecular weight excluding hydrogens is 1510 g/mol. The van der Waals surface area contributed by atoms with Gasteiger partial charge in [-0.3, -0.25) is 19.7 Å². The number of hydrogen-bond acceptors (Lipinski definition) is 21. The van der Waals surface area contributed by atoms with Crippen LogP contribution in [0.15, 0.2) is 237 Å². The Balaban J connectivity index is 0. The molecule has 0 saturated carbocycles. The minimum absolute atomic E-state index is 0. The number of ether oxygens (including phenoxy) is 5. The number of rotatable bonds is 13. The average Bonchev–Trinajstić information content (AvgIpc) is 0.838. The summed E-state index contributed by atoms with van der Waals surface area (Å²) in [4.78, 5) is 46.3. The van der Waals surface area contributed by atoms with Crippen molar-refractivity contribution in [3.05, 3.63) is 265 Å². The quantitative estimate of drug-likeness (QED) is 0.0224. The maximum Gasteiger partial charge on any atom is 0.519 e. The van der Waals surface area contributed by atoms with E-state index >= 15 is 0 Å². The van der Waals surface area contributed by atoms with Crippen molar-refractivity contribution in [3.63, 3.8) is 0 Å². The van der Waals surface area contributed by atoms with E-state index in [-0.39, 0.29) is 101 Å². The minimum atomic E-state index is -1.06. The summed E-state index contributed by atoms with van der Waals surface area (Å²) in [5.41, 5.74) is 15.9. The molecule has 4 fully saturated rings. The van der Waals surface area contributed by atoms with Gasteiger partial charge in [0.1, 0.15) is 22.6 Å². The van der Waals surface area contributed by atoms with E-state index in [0.717, 1.165) is 104 Å². The van der Waals surface area contributed by atoms with E-state index in [1.807, 2.05) is 87.5 Å².